The summed E-state index contributed by atoms with van der Waals surface area (Å²) < 4.78 is 1.97. The Morgan fingerprint density at radius 1 is 1.15 bits per heavy atom. The minimum Gasteiger partial charge on any atom is -0.314 e. The van der Waals surface area contributed by atoms with Gasteiger partial charge in [-0.2, -0.15) is 0 Å². The Morgan fingerprint density at radius 3 is 2.85 bits per heavy atom. The summed E-state index contributed by atoms with van der Waals surface area (Å²) in [5.41, 5.74) is 3.62. The van der Waals surface area contributed by atoms with Crippen LogP contribution in [0.4, 0.5) is 0 Å². The first-order chi connectivity index (χ1) is 9.83. The number of piperazine rings is 1. The van der Waals surface area contributed by atoms with Gasteiger partial charge in [0.15, 0.2) is 0 Å². The number of hydrogen-bond donors (Lipinski definition) is 1. The fourth-order valence-corrected chi connectivity index (χ4v) is 3.45. The van der Waals surface area contributed by atoms with Gasteiger partial charge in [0.25, 0.3) is 5.56 Å². The number of aryl methyl sites for hydroxylation is 2. The summed E-state index contributed by atoms with van der Waals surface area (Å²) in [7, 11) is 0. The largest absolute Gasteiger partial charge is 0.314 e. The molecule has 1 aromatic carbocycles. The highest BCUT2D eigenvalue weighted by Crippen LogP contribution is 2.24. The van der Waals surface area contributed by atoms with Crippen molar-refractivity contribution in [3.8, 4) is 0 Å². The number of benzene rings is 1. The van der Waals surface area contributed by atoms with Crippen LogP contribution in [0.1, 0.15) is 11.1 Å². The molecule has 2 aliphatic rings. The van der Waals surface area contributed by atoms with E-state index in [0.29, 0.717) is 0 Å². The number of hydrogen-bond acceptors (Lipinski definition) is 3. The van der Waals surface area contributed by atoms with Gasteiger partial charge in [0.05, 0.1) is 5.52 Å². The molecule has 0 saturated carbocycles. The maximum Gasteiger partial charge on any atom is 0.255 e. The Morgan fingerprint density at radius 2 is 2.00 bits per heavy atom. The van der Waals surface area contributed by atoms with E-state index in [4.69, 9.17) is 0 Å². The Kier molecular flexibility index (Phi) is 2.86. The highest BCUT2D eigenvalue weighted by Gasteiger charge is 2.19. The van der Waals surface area contributed by atoms with Crippen LogP contribution in [-0.4, -0.2) is 35.6 Å². The summed E-state index contributed by atoms with van der Waals surface area (Å²) in [5, 5.41) is 4.56. The average molecular weight is 269 g/mol. The van der Waals surface area contributed by atoms with Gasteiger partial charge in [-0.1, -0.05) is 18.2 Å². The smallest absolute Gasteiger partial charge is 0.255 e. The lowest BCUT2D eigenvalue weighted by Crippen LogP contribution is -2.43. The van der Waals surface area contributed by atoms with E-state index in [1.54, 1.807) is 0 Å². The standard InChI is InChI=1S/C16H19N3O/c20-16-14(11-18-8-5-17-6-9-18)10-13-3-1-2-12-4-7-19(16)15(12)13/h1-3,10,17H,4-9,11H2. The van der Waals surface area contributed by atoms with Crippen molar-refractivity contribution < 1.29 is 0 Å². The van der Waals surface area contributed by atoms with Crippen LogP contribution >= 0.6 is 0 Å². The van der Waals surface area contributed by atoms with E-state index < -0.39 is 0 Å². The molecule has 4 nitrogen and oxygen atoms in total. The molecule has 0 atom stereocenters. The van der Waals surface area contributed by atoms with E-state index in [1.165, 1.54) is 10.9 Å². The predicted molar refractivity (Wildman–Crippen MR) is 80.1 cm³/mol. The molecule has 1 saturated heterocycles. The van der Waals surface area contributed by atoms with Crippen molar-refractivity contribution in [2.75, 3.05) is 26.2 Å². The maximum atomic E-state index is 12.6. The number of nitrogens with zero attached hydrogens (tertiary/aromatic N) is 2. The Bertz CT molecular complexity index is 713. The van der Waals surface area contributed by atoms with E-state index in [-0.39, 0.29) is 5.56 Å². The fourth-order valence-electron chi connectivity index (χ4n) is 3.45. The molecule has 1 fully saturated rings. The van der Waals surface area contributed by atoms with Crippen molar-refractivity contribution in [3.63, 3.8) is 0 Å². The summed E-state index contributed by atoms with van der Waals surface area (Å²) in [4.78, 5) is 15.0. The topological polar surface area (TPSA) is 37.3 Å². The van der Waals surface area contributed by atoms with Gasteiger partial charge in [-0.05, 0) is 23.4 Å². The summed E-state index contributed by atoms with van der Waals surface area (Å²) in [6.07, 6.45) is 0.990. The molecule has 2 aromatic rings. The average Bonchev–Trinajstić information content (AvgIpc) is 2.91. The summed E-state index contributed by atoms with van der Waals surface area (Å²) in [6, 6.07) is 8.47. The molecule has 20 heavy (non-hydrogen) atoms. The molecule has 2 aliphatic heterocycles. The molecule has 3 heterocycles. The zero-order valence-electron chi connectivity index (χ0n) is 11.6. The lowest BCUT2D eigenvalue weighted by molar-refractivity contribution is 0.232. The lowest BCUT2D eigenvalue weighted by Gasteiger charge is -2.27. The van der Waals surface area contributed by atoms with Crippen LogP contribution < -0.4 is 10.9 Å². The van der Waals surface area contributed by atoms with Gasteiger partial charge >= 0.3 is 0 Å². The van der Waals surface area contributed by atoms with Crippen LogP contribution in [0.2, 0.25) is 0 Å². The van der Waals surface area contributed by atoms with Crippen molar-refractivity contribution in [3.05, 3.63) is 45.7 Å². The molecule has 1 aromatic heterocycles. The molecule has 0 radical (unpaired) electrons. The van der Waals surface area contributed by atoms with Crippen molar-refractivity contribution >= 4 is 10.9 Å². The third-order valence-electron chi connectivity index (χ3n) is 4.48. The molecular weight excluding hydrogens is 250 g/mol. The number of pyridine rings is 1. The molecule has 1 N–H and O–H groups in total. The number of para-hydroxylation sites is 1. The summed E-state index contributed by atoms with van der Waals surface area (Å²) in [6.45, 7) is 5.71. The summed E-state index contributed by atoms with van der Waals surface area (Å²) in [5.74, 6) is 0. The third-order valence-corrected chi connectivity index (χ3v) is 4.48. The second-order valence-corrected chi connectivity index (χ2v) is 5.76. The van der Waals surface area contributed by atoms with Crippen molar-refractivity contribution in [1.29, 1.82) is 0 Å². The van der Waals surface area contributed by atoms with Crippen LogP contribution in [0, 0.1) is 0 Å². The Hall–Kier alpha value is -1.65. The molecule has 4 rings (SSSR count). The zero-order valence-corrected chi connectivity index (χ0v) is 11.6. The molecule has 0 unspecified atom stereocenters. The van der Waals surface area contributed by atoms with Gasteiger partial charge in [-0.15, -0.1) is 0 Å². The van der Waals surface area contributed by atoms with Gasteiger partial charge in [0.2, 0.25) is 0 Å². The van der Waals surface area contributed by atoms with Crippen LogP contribution in [0.3, 0.4) is 0 Å². The van der Waals surface area contributed by atoms with E-state index in [2.05, 4.69) is 34.5 Å². The van der Waals surface area contributed by atoms with Crippen molar-refractivity contribution in [1.82, 2.24) is 14.8 Å². The normalized spacial score (nSPS) is 18.8. The molecule has 0 bridgehead atoms. The molecule has 0 aliphatic carbocycles. The number of rotatable bonds is 2. The first-order valence-corrected chi connectivity index (χ1v) is 7.40. The third kappa shape index (κ3) is 1.87. The maximum absolute atomic E-state index is 12.6. The molecule has 0 amide bonds. The second-order valence-electron chi connectivity index (χ2n) is 5.76. The molecule has 0 spiro atoms. The number of aromatic nitrogens is 1. The lowest BCUT2D eigenvalue weighted by atomic mass is 10.1. The van der Waals surface area contributed by atoms with Crippen LogP contribution in [0.25, 0.3) is 10.9 Å². The molecule has 4 heteroatoms. The van der Waals surface area contributed by atoms with E-state index >= 15 is 0 Å². The Labute approximate surface area is 118 Å². The van der Waals surface area contributed by atoms with Gasteiger partial charge < -0.3 is 9.88 Å². The first-order valence-electron chi connectivity index (χ1n) is 7.40. The van der Waals surface area contributed by atoms with Gasteiger partial charge in [-0.3, -0.25) is 9.69 Å². The quantitative estimate of drug-likeness (QED) is 0.882. The highest BCUT2D eigenvalue weighted by atomic mass is 16.1. The second kappa shape index (κ2) is 4.72. The fraction of sp³-hybridized carbons (Fsp3) is 0.438. The SMILES string of the molecule is O=c1c(CN2CCNCC2)cc2cccc3c2n1CC3. The van der Waals surface area contributed by atoms with Crippen LogP contribution in [0.5, 0.6) is 0 Å². The van der Waals surface area contributed by atoms with Crippen molar-refractivity contribution in [2.45, 2.75) is 19.5 Å². The van der Waals surface area contributed by atoms with E-state index in [9.17, 15) is 4.79 Å². The molecular formula is C16H19N3O. The van der Waals surface area contributed by atoms with Gasteiger partial charge in [0.1, 0.15) is 0 Å². The van der Waals surface area contributed by atoms with E-state index in [0.717, 1.165) is 56.8 Å². The van der Waals surface area contributed by atoms with Crippen molar-refractivity contribution in [2.24, 2.45) is 0 Å². The van der Waals surface area contributed by atoms with Crippen LogP contribution in [0.15, 0.2) is 29.1 Å². The monoisotopic (exact) mass is 269 g/mol. The molecule has 104 valence electrons. The summed E-state index contributed by atoms with van der Waals surface area (Å²) >= 11 is 0. The minimum absolute atomic E-state index is 0.209. The minimum atomic E-state index is 0.209. The van der Waals surface area contributed by atoms with Gasteiger partial charge in [-0.25, -0.2) is 0 Å². The first kappa shape index (κ1) is 12.1. The predicted octanol–water partition coefficient (Wildman–Crippen LogP) is 0.963. The van der Waals surface area contributed by atoms with Crippen LogP contribution in [-0.2, 0) is 19.5 Å². The Balaban J connectivity index is 1.78. The van der Waals surface area contributed by atoms with Gasteiger partial charge in [0, 0.05) is 44.8 Å². The zero-order chi connectivity index (χ0) is 13.5. The highest BCUT2D eigenvalue weighted by molar-refractivity contribution is 5.84. The number of nitrogens with one attached hydrogen (secondary N) is 1. The van der Waals surface area contributed by atoms with E-state index in [1.807, 2.05) is 4.57 Å².